The molecule has 0 bridgehead atoms. The maximum absolute atomic E-state index is 13.2. The molecule has 2 aromatic carbocycles. The molecule has 4 aromatic rings. The van der Waals surface area contributed by atoms with Crippen LogP contribution in [0, 0.1) is 5.82 Å². The Morgan fingerprint density at radius 2 is 1.72 bits per heavy atom. The molecule has 0 radical (unpaired) electrons. The van der Waals surface area contributed by atoms with E-state index in [1.54, 1.807) is 30.5 Å². The molecular weight excluding hydrogens is 455 g/mol. The highest BCUT2D eigenvalue weighted by atomic mass is 35.5. The van der Waals surface area contributed by atoms with Gasteiger partial charge in [0.15, 0.2) is 11.6 Å². The van der Waals surface area contributed by atoms with Crippen LogP contribution in [0.5, 0.6) is 0 Å². The van der Waals surface area contributed by atoms with Crippen molar-refractivity contribution in [3.8, 4) is 11.6 Å². The van der Waals surface area contributed by atoms with Crippen LogP contribution in [-0.4, -0.2) is 48.9 Å². The van der Waals surface area contributed by atoms with Crippen molar-refractivity contribution < 1.29 is 17.2 Å². The predicted octanol–water partition coefficient (Wildman–Crippen LogP) is 4.19. The van der Waals surface area contributed by atoms with E-state index in [-0.39, 0.29) is 18.0 Å². The smallest absolute Gasteiger partial charge is 0.243 e. The number of hydrogen-bond acceptors (Lipinski definition) is 6. The lowest BCUT2D eigenvalue weighted by atomic mass is 10.2. The van der Waals surface area contributed by atoms with E-state index in [0.29, 0.717) is 41.0 Å². The van der Waals surface area contributed by atoms with Gasteiger partial charge in [-0.3, -0.25) is 0 Å². The van der Waals surface area contributed by atoms with Gasteiger partial charge in [-0.15, -0.1) is 0 Å². The second-order valence-electron chi connectivity index (χ2n) is 7.35. The maximum atomic E-state index is 13.2. The number of hydrogen-bond donors (Lipinski definition) is 0. The summed E-state index contributed by atoms with van der Waals surface area (Å²) in [4.78, 5) is 11.4. The highest BCUT2D eigenvalue weighted by Crippen LogP contribution is 2.31. The normalized spacial score (nSPS) is 15.4. The van der Waals surface area contributed by atoms with Gasteiger partial charge in [-0.25, -0.2) is 22.8 Å². The standard InChI is InChI=1S/C22H18ClFN4O3S/c23-15-3-8-18-19(14-15)25-21(20-2-1-13-31-20)26-22(18)27-9-11-28(12-10-27)32(29,30)17-6-4-16(24)5-7-17/h1-8,13-14H,9-12H2. The molecule has 3 heterocycles. The molecule has 0 aliphatic carbocycles. The van der Waals surface area contributed by atoms with Crippen LogP contribution in [0.3, 0.4) is 0 Å². The fraction of sp³-hybridized carbons (Fsp3) is 0.182. The van der Waals surface area contributed by atoms with E-state index in [1.165, 1.54) is 16.4 Å². The number of benzene rings is 2. The minimum absolute atomic E-state index is 0.0783. The highest BCUT2D eigenvalue weighted by Gasteiger charge is 2.30. The van der Waals surface area contributed by atoms with Gasteiger partial charge in [-0.1, -0.05) is 11.6 Å². The molecule has 0 atom stereocenters. The molecule has 1 saturated heterocycles. The fourth-order valence-electron chi connectivity index (χ4n) is 3.74. The predicted molar refractivity (Wildman–Crippen MR) is 120 cm³/mol. The Kier molecular flexibility index (Phi) is 5.32. The SMILES string of the molecule is O=S(=O)(c1ccc(F)cc1)N1CCN(c2nc(-c3ccco3)nc3cc(Cl)ccc23)CC1. The van der Waals surface area contributed by atoms with Gasteiger partial charge < -0.3 is 9.32 Å². The Balaban J connectivity index is 1.45. The van der Waals surface area contributed by atoms with Crippen LogP contribution in [0.2, 0.25) is 5.02 Å². The number of aromatic nitrogens is 2. The number of anilines is 1. The molecular formula is C22H18ClFN4O3S. The van der Waals surface area contributed by atoms with Crippen LogP contribution in [-0.2, 0) is 10.0 Å². The first-order chi connectivity index (χ1) is 15.4. The third-order valence-corrected chi connectivity index (χ3v) is 7.52. The topological polar surface area (TPSA) is 79.5 Å². The number of fused-ring (bicyclic) bond motifs is 1. The van der Waals surface area contributed by atoms with E-state index in [2.05, 4.69) is 4.98 Å². The molecule has 164 valence electrons. The number of rotatable bonds is 4. The number of halogens is 2. The van der Waals surface area contributed by atoms with Crippen molar-refractivity contribution in [1.29, 1.82) is 0 Å². The molecule has 7 nitrogen and oxygen atoms in total. The van der Waals surface area contributed by atoms with Gasteiger partial charge in [0.05, 0.1) is 16.7 Å². The number of nitrogens with zero attached hydrogens (tertiary/aromatic N) is 4. The molecule has 2 aromatic heterocycles. The monoisotopic (exact) mass is 472 g/mol. The Labute approximate surface area is 189 Å². The van der Waals surface area contributed by atoms with E-state index in [0.717, 1.165) is 17.5 Å². The third kappa shape index (κ3) is 3.83. The van der Waals surface area contributed by atoms with Crippen molar-refractivity contribution in [3.63, 3.8) is 0 Å². The van der Waals surface area contributed by atoms with Crippen LogP contribution in [0.4, 0.5) is 10.2 Å². The van der Waals surface area contributed by atoms with Gasteiger partial charge in [0, 0.05) is 36.6 Å². The van der Waals surface area contributed by atoms with Gasteiger partial charge in [-0.2, -0.15) is 4.31 Å². The first-order valence-electron chi connectivity index (χ1n) is 9.94. The minimum Gasteiger partial charge on any atom is -0.461 e. The maximum Gasteiger partial charge on any atom is 0.243 e. The summed E-state index contributed by atoms with van der Waals surface area (Å²) in [6.45, 7) is 1.42. The second kappa shape index (κ2) is 8.16. The lowest BCUT2D eigenvalue weighted by Crippen LogP contribution is -2.49. The van der Waals surface area contributed by atoms with E-state index >= 15 is 0 Å². The zero-order valence-corrected chi connectivity index (χ0v) is 18.4. The van der Waals surface area contributed by atoms with Crippen LogP contribution in [0.1, 0.15) is 0 Å². The zero-order valence-electron chi connectivity index (χ0n) is 16.8. The average Bonchev–Trinajstić information content (AvgIpc) is 3.33. The minimum atomic E-state index is -3.70. The Morgan fingerprint density at radius 3 is 2.41 bits per heavy atom. The van der Waals surface area contributed by atoms with E-state index in [1.807, 2.05) is 11.0 Å². The summed E-state index contributed by atoms with van der Waals surface area (Å²) in [6.07, 6.45) is 1.56. The molecule has 0 spiro atoms. The molecule has 0 unspecified atom stereocenters. The summed E-state index contributed by atoms with van der Waals surface area (Å²) in [5, 5.41) is 1.38. The molecule has 1 aliphatic rings. The summed E-state index contributed by atoms with van der Waals surface area (Å²) < 4.78 is 45.9. The molecule has 10 heteroatoms. The number of piperazine rings is 1. The molecule has 32 heavy (non-hydrogen) atoms. The lowest BCUT2D eigenvalue weighted by Gasteiger charge is -2.35. The Bertz CT molecular complexity index is 1370. The third-order valence-electron chi connectivity index (χ3n) is 5.37. The molecule has 5 rings (SSSR count). The van der Waals surface area contributed by atoms with E-state index in [4.69, 9.17) is 21.0 Å². The fourth-order valence-corrected chi connectivity index (χ4v) is 5.33. The summed E-state index contributed by atoms with van der Waals surface area (Å²) >= 11 is 6.18. The quantitative estimate of drug-likeness (QED) is 0.443. The van der Waals surface area contributed by atoms with Gasteiger partial charge in [0.25, 0.3) is 0 Å². The van der Waals surface area contributed by atoms with Crippen LogP contribution >= 0.6 is 11.6 Å². The van der Waals surface area contributed by atoms with Crippen molar-refractivity contribution in [2.45, 2.75) is 4.90 Å². The first kappa shape index (κ1) is 20.9. The Morgan fingerprint density at radius 1 is 0.969 bits per heavy atom. The highest BCUT2D eigenvalue weighted by molar-refractivity contribution is 7.89. The van der Waals surface area contributed by atoms with Crippen molar-refractivity contribution >= 4 is 38.3 Å². The van der Waals surface area contributed by atoms with Gasteiger partial charge >= 0.3 is 0 Å². The summed E-state index contributed by atoms with van der Waals surface area (Å²) in [5.74, 6) is 1.18. The summed E-state index contributed by atoms with van der Waals surface area (Å²) in [6, 6.07) is 13.8. The molecule has 0 N–H and O–H groups in total. The lowest BCUT2D eigenvalue weighted by molar-refractivity contribution is 0.384. The van der Waals surface area contributed by atoms with Gasteiger partial charge in [-0.05, 0) is 54.6 Å². The van der Waals surface area contributed by atoms with E-state index < -0.39 is 15.8 Å². The van der Waals surface area contributed by atoms with Crippen molar-refractivity contribution in [3.05, 3.63) is 71.7 Å². The number of furan rings is 1. The van der Waals surface area contributed by atoms with Crippen LogP contribution < -0.4 is 4.90 Å². The second-order valence-corrected chi connectivity index (χ2v) is 9.73. The average molecular weight is 473 g/mol. The zero-order chi connectivity index (χ0) is 22.3. The molecule has 1 fully saturated rings. The van der Waals surface area contributed by atoms with Gasteiger partial charge in [0.2, 0.25) is 10.0 Å². The van der Waals surface area contributed by atoms with Crippen LogP contribution in [0.15, 0.2) is 70.2 Å². The van der Waals surface area contributed by atoms with Crippen molar-refractivity contribution in [2.24, 2.45) is 0 Å². The molecule has 1 aliphatic heterocycles. The van der Waals surface area contributed by atoms with E-state index in [9.17, 15) is 12.8 Å². The van der Waals surface area contributed by atoms with Crippen LogP contribution in [0.25, 0.3) is 22.5 Å². The summed E-state index contributed by atoms with van der Waals surface area (Å²) in [7, 11) is -3.70. The van der Waals surface area contributed by atoms with Gasteiger partial charge in [0.1, 0.15) is 11.6 Å². The summed E-state index contributed by atoms with van der Waals surface area (Å²) in [5.41, 5.74) is 0.676. The Hall–Kier alpha value is -3.01. The molecule has 0 amide bonds. The van der Waals surface area contributed by atoms with Crippen molar-refractivity contribution in [2.75, 3.05) is 31.1 Å². The number of sulfonamides is 1. The largest absolute Gasteiger partial charge is 0.461 e. The molecule has 0 saturated carbocycles. The van der Waals surface area contributed by atoms with Crippen molar-refractivity contribution in [1.82, 2.24) is 14.3 Å². The first-order valence-corrected chi connectivity index (χ1v) is 11.8.